The number of ether oxygens (including phenoxy) is 4. The van der Waals surface area contributed by atoms with Crippen LogP contribution >= 0.6 is 24.1 Å². The van der Waals surface area contributed by atoms with Gasteiger partial charge in [-0.15, -0.1) is 34.2 Å². The van der Waals surface area contributed by atoms with Gasteiger partial charge in [-0.25, -0.2) is 10.5 Å². The second-order valence-electron chi connectivity index (χ2n) is 12.5. The van der Waals surface area contributed by atoms with Crippen LogP contribution < -0.4 is 24.7 Å². The fourth-order valence-electron chi connectivity index (χ4n) is 5.23. The molecule has 0 saturated heterocycles. The lowest BCUT2D eigenvalue weighted by molar-refractivity contribution is -0.432. The summed E-state index contributed by atoms with van der Waals surface area (Å²) in [6.07, 6.45) is -2.64. The van der Waals surface area contributed by atoms with Crippen LogP contribution in [-0.4, -0.2) is 102 Å². The number of anilines is 1. The third-order valence-electron chi connectivity index (χ3n) is 8.19. The molecule has 0 saturated carbocycles. The molecule has 5 aromatic carbocycles. The van der Waals surface area contributed by atoms with E-state index in [-0.39, 0.29) is 73.7 Å². The quantitative estimate of drug-likeness (QED) is 0.00797. The Morgan fingerprint density at radius 3 is 1.73 bits per heavy atom. The van der Waals surface area contributed by atoms with Crippen LogP contribution in [0.5, 0.6) is 28.7 Å². The number of hydrogen-bond donors (Lipinski definition) is 9. The summed E-state index contributed by atoms with van der Waals surface area (Å²) in [5.74, 6) is -0.556. The van der Waals surface area contributed by atoms with Crippen LogP contribution in [0.1, 0.15) is 0 Å². The van der Waals surface area contributed by atoms with E-state index in [0.717, 1.165) is 12.1 Å². The Hall–Kier alpha value is -5.83. The zero-order valence-corrected chi connectivity index (χ0v) is 35.4. The SMILES string of the molecule is COc1cc(N=Nc2cc(OCC(O)CO)c(N=Nc3c(SOOO)cc4cc(S(=O)(=O)O)c(N)cc4c3O)cc2OC)c(OCC(O)CO)cc1N=Nc1cccc(SOOO)c1. The molecule has 0 bridgehead atoms. The maximum absolute atomic E-state index is 11.9. The van der Waals surface area contributed by atoms with Crippen molar-refractivity contribution in [3.63, 3.8) is 0 Å². The summed E-state index contributed by atoms with van der Waals surface area (Å²) in [6, 6.07) is 15.2. The first-order chi connectivity index (χ1) is 30.7. The van der Waals surface area contributed by atoms with Gasteiger partial charge in [0.2, 0.25) is 0 Å². The van der Waals surface area contributed by atoms with Crippen molar-refractivity contribution in [2.45, 2.75) is 26.9 Å². The molecule has 0 radical (unpaired) electrons. The number of aliphatic hydroxyl groups is 4. The summed E-state index contributed by atoms with van der Waals surface area (Å²) in [7, 11) is -2.12. The molecule has 2 atom stereocenters. The van der Waals surface area contributed by atoms with E-state index < -0.39 is 58.5 Å². The number of nitrogens with zero attached hydrogens (tertiary/aromatic N) is 6. The number of nitrogen functional groups attached to an aromatic ring is 1. The first-order valence-electron chi connectivity index (χ1n) is 17.7. The first-order valence-corrected chi connectivity index (χ1v) is 20.6. The minimum atomic E-state index is -4.77. The highest BCUT2D eigenvalue weighted by Crippen LogP contribution is 2.48. The average molecular weight is 952 g/mol. The van der Waals surface area contributed by atoms with Crippen LogP contribution in [0.15, 0.2) is 112 Å². The molecule has 5 aromatic rings. The highest BCUT2D eigenvalue weighted by molar-refractivity contribution is 7.95. The molecule has 10 N–H and O–H groups in total. The van der Waals surface area contributed by atoms with Crippen molar-refractivity contribution in [3.05, 3.63) is 66.7 Å². The summed E-state index contributed by atoms with van der Waals surface area (Å²) in [5, 5.41) is 100. The molecule has 0 amide bonds. The highest BCUT2D eigenvalue weighted by Gasteiger charge is 2.22. The molecule has 0 aliphatic carbocycles. The molecule has 25 nitrogen and oxygen atoms in total. The number of aliphatic hydroxyl groups excluding tert-OH is 4. The number of phenols is 1. The third kappa shape index (κ3) is 12.9. The Morgan fingerprint density at radius 2 is 1.20 bits per heavy atom. The van der Waals surface area contributed by atoms with Crippen molar-refractivity contribution >= 4 is 84.8 Å². The van der Waals surface area contributed by atoms with Crippen molar-refractivity contribution in [2.75, 3.05) is 46.4 Å². The number of benzene rings is 5. The van der Waals surface area contributed by atoms with E-state index in [2.05, 4.69) is 49.4 Å². The van der Waals surface area contributed by atoms with Crippen molar-refractivity contribution in [3.8, 4) is 28.7 Å². The van der Waals surface area contributed by atoms with Gasteiger partial charge < -0.3 is 50.2 Å². The number of phenolic OH excluding ortho intramolecular Hbond substituents is 1. The normalized spacial score (nSPS) is 13.0. The molecule has 0 aromatic heterocycles. The second kappa shape index (κ2) is 23.2. The summed E-state index contributed by atoms with van der Waals surface area (Å²) >= 11 is 1.05. The predicted molar refractivity (Wildman–Crippen MR) is 223 cm³/mol. The number of azo groups is 3. The molecule has 2 unspecified atom stereocenters. The van der Waals surface area contributed by atoms with Crippen LogP contribution in [0, 0.1) is 0 Å². The molecule has 0 spiro atoms. The average Bonchev–Trinajstić information content (AvgIpc) is 3.29. The van der Waals surface area contributed by atoms with E-state index >= 15 is 0 Å². The standard InChI is InChI=1S/C36H37N7O18S3/c1-54-29-10-27(31(56-16-20(46)14-44)12-25(29)39-38-19-4-3-5-22(8-19)62-60-58-49)41-40-26-13-32(57-17-21(47)15-45)28(11-30(26)55-2)42-43-35-33(63-61-59-50)6-18-7-34(64(51,52)53)24(37)9-23(18)36(35)48/h3-13,20-21,44-50H,14-17,37H2,1-2H3,(H,51,52,53). The van der Waals surface area contributed by atoms with Crippen LogP contribution in [0.4, 0.5) is 39.8 Å². The van der Waals surface area contributed by atoms with Gasteiger partial charge in [0.1, 0.15) is 81.8 Å². The van der Waals surface area contributed by atoms with Gasteiger partial charge in [0.05, 0.1) is 67.8 Å². The molecule has 0 heterocycles. The Morgan fingerprint density at radius 1 is 0.688 bits per heavy atom. The summed E-state index contributed by atoms with van der Waals surface area (Å²) in [4.78, 5) is -0.224. The Labute approximate surface area is 369 Å². The molecule has 342 valence electrons. The number of fused-ring (bicyclic) bond motifs is 1. The van der Waals surface area contributed by atoms with E-state index in [1.165, 1.54) is 44.6 Å². The lowest BCUT2D eigenvalue weighted by Gasteiger charge is -2.15. The van der Waals surface area contributed by atoms with Crippen molar-refractivity contribution in [1.82, 2.24) is 0 Å². The molecular weight excluding hydrogens is 915 g/mol. The Bertz CT molecular complexity index is 2620. The van der Waals surface area contributed by atoms with Crippen LogP contribution in [-0.2, 0) is 28.9 Å². The van der Waals surface area contributed by atoms with E-state index in [0.29, 0.717) is 34.7 Å². The minimum Gasteiger partial charge on any atom is -0.505 e. The van der Waals surface area contributed by atoms with E-state index in [1.54, 1.807) is 24.3 Å². The molecule has 0 fully saturated rings. The molecule has 64 heavy (non-hydrogen) atoms. The van der Waals surface area contributed by atoms with Gasteiger partial charge in [0, 0.05) is 34.5 Å². The predicted octanol–water partition coefficient (Wildman–Crippen LogP) is 6.96. The molecular formula is C36H37N7O18S3. The van der Waals surface area contributed by atoms with Gasteiger partial charge in [-0.3, -0.25) is 4.55 Å². The first kappa shape index (κ1) is 49.2. The van der Waals surface area contributed by atoms with Crippen molar-refractivity contribution in [1.29, 1.82) is 0 Å². The Kier molecular flexibility index (Phi) is 17.8. The van der Waals surface area contributed by atoms with Gasteiger partial charge in [-0.1, -0.05) is 16.1 Å². The molecule has 28 heteroatoms. The fourth-order valence-corrected chi connectivity index (χ4v) is 6.77. The van der Waals surface area contributed by atoms with E-state index in [4.69, 9.17) is 35.2 Å². The van der Waals surface area contributed by atoms with Gasteiger partial charge in [0.15, 0.2) is 5.75 Å². The summed E-state index contributed by atoms with van der Waals surface area (Å²) in [5.41, 5.74) is 5.57. The number of nitrogens with two attached hydrogens (primary N) is 1. The lowest BCUT2D eigenvalue weighted by Crippen LogP contribution is -2.21. The second-order valence-corrected chi connectivity index (χ2v) is 15.4. The highest BCUT2D eigenvalue weighted by atomic mass is 32.2. The van der Waals surface area contributed by atoms with E-state index in [9.17, 15) is 38.5 Å². The maximum atomic E-state index is 11.9. The number of methoxy groups -OCH3 is 2. The fraction of sp³-hybridized carbons (Fsp3) is 0.222. The van der Waals surface area contributed by atoms with Crippen LogP contribution in [0.2, 0.25) is 0 Å². The maximum Gasteiger partial charge on any atom is 0.296 e. The molecule has 0 aliphatic rings. The molecule has 0 aliphatic heterocycles. The smallest absolute Gasteiger partial charge is 0.296 e. The minimum absolute atomic E-state index is 0.00394. The zero-order valence-electron chi connectivity index (χ0n) is 33.0. The van der Waals surface area contributed by atoms with Gasteiger partial charge in [0.25, 0.3) is 10.1 Å². The number of hydrogen-bond acceptors (Lipinski definition) is 26. The van der Waals surface area contributed by atoms with Crippen LogP contribution in [0.25, 0.3) is 10.8 Å². The number of rotatable bonds is 23. The zero-order chi connectivity index (χ0) is 46.4. The summed E-state index contributed by atoms with van der Waals surface area (Å²) < 4.78 is 65.0. The molecule has 5 rings (SSSR count). The van der Waals surface area contributed by atoms with E-state index in [1.807, 2.05) is 0 Å². The van der Waals surface area contributed by atoms with Crippen LogP contribution in [0.3, 0.4) is 0 Å². The van der Waals surface area contributed by atoms with Gasteiger partial charge >= 0.3 is 0 Å². The van der Waals surface area contributed by atoms with Gasteiger partial charge in [-0.05, 0) is 41.8 Å². The van der Waals surface area contributed by atoms with Crippen molar-refractivity contribution < 1.29 is 86.7 Å². The Balaban J connectivity index is 1.58. The topological polar surface area (TPSA) is 370 Å². The number of aromatic hydroxyl groups is 1. The summed E-state index contributed by atoms with van der Waals surface area (Å²) in [6.45, 7) is -2.14. The third-order valence-corrected chi connectivity index (χ3v) is 10.3. The lowest BCUT2D eigenvalue weighted by atomic mass is 10.1. The monoisotopic (exact) mass is 951 g/mol. The van der Waals surface area contributed by atoms with Crippen molar-refractivity contribution in [2.24, 2.45) is 30.7 Å². The largest absolute Gasteiger partial charge is 0.505 e. The van der Waals surface area contributed by atoms with Gasteiger partial charge in [-0.2, -0.15) is 13.5 Å².